The SMILES string of the molecule is CCN(CC)c1ccc(/C=C2/SC(=S)N(Cc3ccccc3)C2=O)c(OCc2ccc(Cl)cc2Cl)c1. The van der Waals surface area contributed by atoms with E-state index in [1.165, 1.54) is 11.8 Å². The average molecular weight is 558 g/mol. The number of nitrogens with zero attached hydrogens (tertiary/aromatic N) is 2. The molecule has 1 amide bonds. The quantitative estimate of drug-likeness (QED) is 0.198. The highest BCUT2D eigenvalue weighted by Crippen LogP contribution is 2.36. The van der Waals surface area contributed by atoms with Crippen LogP contribution >= 0.6 is 47.2 Å². The van der Waals surface area contributed by atoms with Gasteiger partial charge in [-0.1, -0.05) is 83.6 Å². The molecule has 1 fully saturated rings. The molecule has 0 saturated carbocycles. The van der Waals surface area contributed by atoms with E-state index in [1.54, 1.807) is 17.0 Å². The topological polar surface area (TPSA) is 32.8 Å². The normalized spacial score (nSPS) is 14.6. The van der Waals surface area contributed by atoms with Gasteiger partial charge in [0.2, 0.25) is 0 Å². The second-order valence-corrected chi connectivity index (χ2v) is 10.7. The molecule has 0 aromatic heterocycles. The number of carbonyl (C=O) groups is 1. The number of ether oxygens (including phenoxy) is 1. The number of thioether (sulfide) groups is 1. The van der Waals surface area contributed by atoms with Crippen LogP contribution in [0, 0.1) is 0 Å². The molecular weight excluding hydrogens is 531 g/mol. The summed E-state index contributed by atoms with van der Waals surface area (Å²) < 4.78 is 6.80. The van der Waals surface area contributed by atoms with Gasteiger partial charge in [-0.2, -0.15) is 0 Å². The third-order valence-corrected chi connectivity index (χ3v) is 7.83. The van der Waals surface area contributed by atoms with Gasteiger partial charge >= 0.3 is 0 Å². The summed E-state index contributed by atoms with van der Waals surface area (Å²) >= 11 is 19.3. The zero-order chi connectivity index (χ0) is 25.7. The van der Waals surface area contributed by atoms with Crippen molar-refractivity contribution in [3.05, 3.63) is 98.4 Å². The molecule has 3 aromatic carbocycles. The molecule has 0 unspecified atom stereocenters. The molecular formula is C28H26Cl2N2O2S2. The standard InChI is InChI=1S/C28H26Cl2N2O2S2/c1-3-31(4-2)23-13-11-20(25(16-23)34-18-21-10-12-22(29)15-24(21)30)14-26-27(33)32(28(35)36-26)17-19-8-6-5-7-9-19/h5-16H,3-4,17-18H2,1-2H3/b26-14+. The van der Waals surface area contributed by atoms with Gasteiger partial charge in [-0.15, -0.1) is 0 Å². The molecule has 8 heteroatoms. The van der Waals surface area contributed by atoms with Crippen LogP contribution in [-0.2, 0) is 17.9 Å². The van der Waals surface area contributed by atoms with E-state index in [1.807, 2.05) is 60.7 Å². The number of rotatable bonds is 9. The molecule has 4 nitrogen and oxygen atoms in total. The van der Waals surface area contributed by atoms with Crippen LogP contribution in [0.1, 0.15) is 30.5 Å². The van der Waals surface area contributed by atoms with Crippen LogP contribution in [0.4, 0.5) is 5.69 Å². The number of carbonyl (C=O) groups excluding carboxylic acids is 1. The lowest BCUT2D eigenvalue weighted by Crippen LogP contribution is -2.27. The van der Waals surface area contributed by atoms with Gasteiger partial charge in [0.25, 0.3) is 5.91 Å². The molecule has 3 aromatic rings. The molecule has 1 aliphatic rings. The van der Waals surface area contributed by atoms with Crippen LogP contribution in [0.15, 0.2) is 71.6 Å². The van der Waals surface area contributed by atoms with E-state index >= 15 is 0 Å². The first-order valence-electron chi connectivity index (χ1n) is 11.6. The lowest BCUT2D eigenvalue weighted by Gasteiger charge is -2.22. The summed E-state index contributed by atoms with van der Waals surface area (Å²) in [5.41, 5.74) is 3.71. The highest BCUT2D eigenvalue weighted by atomic mass is 35.5. The smallest absolute Gasteiger partial charge is 0.266 e. The molecule has 186 valence electrons. The van der Waals surface area contributed by atoms with E-state index in [0.29, 0.717) is 31.6 Å². The first-order valence-corrected chi connectivity index (χ1v) is 13.6. The minimum absolute atomic E-state index is 0.103. The summed E-state index contributed by atoms with van der Waals surface area (Å²) in [4.78, 5) is 17.7. The van der Waals surface area contributed by atoms with Gasteiger partial charge < -0.3 is 9.64 Å². The van der Waals surface area contributed by atoms with Gasteiger partial charge in [0.15, 0.2) is 0 Å². The third-order valence-electron chi connectivity index (χ3n) is 5.87. The van der Waals surface area contributed by atoms with Crippen molar-refractivity contribution < 1.29 is 9.53 Å². The molecule has 0 aliphatic carbocycles. The minimum atomic E-state index is -0.103. The maximum atomic E-state index is 13.2. The second kappa shape index (κ2) is 12.2. The molecule has 0 radical (unpaired) electrons. The Morgan fingerprint density at radius 1 is 1.03 bits per heavy atom. The molecule has 0 spiro atoms. The molecule has 1 heterocycles. The number of anilines is 1. The monoisotopic (exact) mass is 556 g/mol. The molecule has 0 atom stereocenters. The molecule has 1 saturated heterocycles. The Hall–Kier alpha value is -2.51. The van der Waals surface area contributed by atoms with Crippen molar-refractivity contribution in [3.63, 3.8) is 0 Å². The third kappa shape index (κ3) is 6.24. The van der Waals surface area contributed by atoms with Gasteiger partial charge in [-0.25, -0.2) is 0 Å². The van der Waals surface area contributed by atoms with Crippen molar-refractivity contribution in [2.45, 2.75) is 27.0 Å². The van der Waals surface area contributed by atoms with Crippen LogP contribution in [-0.4, -0.2) is 28.2 Å². The number of hydrogen-bond acceptors (Lipinski definition) is 5. The van der Waals surface area contributed by atoms with E-state index in [-0.39, 0.29) is 12.5 Å². The lowest BCUT2D eigenvalue weighted by molar-refractivity contribution is -0.122. The maximum Gasteiger partial charge on any atom is 0.266 e. The fourth-order valence-electron chi connectivity index (χ4n) is 3.89. The summed E-state index contributed by atoms with van der Waals surface area (Å²) in [5, 5.41) is 1.12. The van der Waals surface area contributed by atoms with Crippen molar-refractivity contribution >= 4 is 69.2 Å². The lowest BCUT2D eigenvalue weighted by atomic mass is 10.1. The molecule has 0 bridgehead atoms. The van der Waals surface area contributed by atoms with Crippen molar-refractivity contribution in [1.29, 1.82) is 0 Å². The molecule has 0 N–H and O–H groups in total. The number of hydrogen-bond donors (Lipinski definition) is 0. The van der Waals surface area contributed by atoms with Crippen molar-refractivity contribution in [2.24, 2.45) is 0 Å². The second-order valence-electron chi connectivity index (χ2n) is 8.17. The Morgan fingerprint density at radius 2 is 1.78 bits per heavy atom. The Bertz CT molecular complexity index is 1290. The number of benzene rings is 3. The number of thiocarbonyl (C=S) groups is 1. The summed E-state index contributed by atoms with van der Waals surface area (Å²) in [6.45, 7) is 6.69. The minimum Gasteiger partial charge on any atom is -0.488 e. The first-order chi connectivity index (χ1) is 17.4. The van der Waals surface area contributed by atoms with Crippen LogP contribution < -0.4 is 9.64 Å². The Morgan fingerprint density at radius 3 is 2.47 bits per heavy atom. The van der Waals surface area contributed by atoms with E-state index in [9.17, 15) is 4.79 Å². The summed E-state index contributed by atoms with van der Waals surface area (Å²) in [5.74, 6) is 0.562. The van der Waals surface area contributed by atoms with Crippen molar-refractivity contribution in [3.8, 4) is 5.75 Å². The highest BCUT2D eigenvalue weighted by Gasteiger charge is 2.32. The summed E-state index contributed by atoms with van der Waals surface area (Å²) in [7, 11) is 0. The van der Waals surface area contributed by atoms with Crippen molar-refractivity contribution in [2.75, 3.05) is 18.0 Å². The summed E-state index contributed by atoms with van der Waals surface area (Å²) in [6, 6.07) is 21.2. The Balaban J connectivity index is 1.63. The zero-order valence-electron chi connectivity index (χ0n) is 20.0. The molecule has 4 rings (SSSR count). The van der Waals surface area contributed by atoms with Crippen LogP contribution in [0.3, 0.4) is 0 Å². The largest absolute Gasteiger partial charge is 0.488 e. The van der Waals surface area contributed by atoms with Gasteiger partial charge in [-0.3, -0.25) is 9.69 Å². The predicted molar refractivity (Wildman–Crippen MR) is 156 cm³/mol. The van der Waals surface area contributed by atoms with E-state index in [0.717, 1.165) is 35.5 Å². The van der Waals surface area contributed by atoms with E-state index in [2.05, 4.69) is 18.7 Å². The van der Waals surface area contributed by atoms with Crippen molar-refractivity contribution in [1.82, 2.24) is 4.90 Å². The van der Waals surface area contributed by atoms with Crippen LogP contribution in [0.2, 0.25) is 10.0 Å². The maximum absolute atomic E-state index is 13.2. The van der Waals surface area contributed by atoms with Crippen LogP contribution in [0.25, 0.3) is 6.08 Å². The van der Waals surface area contributed by atoms with Gasteiger partial charge in [-0.05, 0) is 49.8 Å². The Kier molecular flexibility index (Phi) is 8.96. The fraction of sp³-hybridized carbons (Fsp3) is 0.214. The molecule has 36 heavy (non-hydrogen) atoms. The highest BCUT2D eigenvalue weighted by molar-refractivity contribution is 8.26. The van der Waals surface area contributed by atoms with E-state index < -0.39 is 0 Å². The number of amides is 1. The van der Waals surface area contributed by atoms with Gasteiger partial charge in [0.05, 0.1) is 11.4 Å². The Labute approximate surface area is 231 Å². The van der Waals surface area contributed by atoms with Gasteiger partial charge in [0.1, 0.15) is 16.7 Å². The van der Waals surface area contributed by atoms with Gasteiger partial charge in [0, 0.05) is 46.0 Å². The molecule has 1 aliphatic heterocycles. The fourth-order valence-corrected chi connectivity index (χ4v) is 5.60. The first kappa shape index (κ1) is 26.6. The van der Waals surface area contributed by atoms with E-state index in [4.69, 9.17) is 40.2 Å². The van der Waals surface area contributed by atoms with Crippen LogP contribution in [0.5, 0.6) is 5.75 Å². The zero-order valence-corrected chi connectivity index (χ0v) is 23.2. The predicted octanol–water partition coefficient (Wildman–Crippen LogP) is 7.82. The summed E-state index contributed by atoms with van der Waals surface area (Å²) in [6.07, 6.45) is 1.86. The number of halogens is 2. The average Bonchev–Trinajstić information content (AvgIpc) is 3.13.